The summed E-state index contributed by atoms with van der Waals surface area (Å²) in [6.45, 7) is 2.30. The molecular formula is C33H26F3N5OS. The van der Waals surface area contributed by atoms with Crippen LogP contribution in [-0.4, -0.2) is 51.3 Å². The first-order valence-corrected chi connectivity index (χ1v) is 15.0. The normalized spacial score (nSPS) is 14.7. The Morgan fingerprint density at radius 2 is 1.56 bits per heavy atom. The summed E-state index contributed by atoms with van der Waals surface area (Å²) in [6, 6.07) is 22.8. The third-order valence-corrected chi connectivity index (χ3v) is 8.90. The molecule has 7 rings (SSSR count). The average molecular weight is 598 g/mol. The molecule has 3 aromatic carbocycles. The highest BCUT2D eigenvalue weighted by Gasteiger charge is 2.36. The molecule has 0 radical (unpaired) electrons. The Labute approximate surface area is 249 Å². The van der Waals surface area contributed by atoms with E-state index in [2.05, 4.69) is 14.3 Å². The van der Waals surface area contributed by atoms with Gasteiger partial charge in [0.2, 0.25) is 0 Å². The van der Waals surface area contributed by atoms with Crippen LogP contribution in [0.25, 0.3) is 49.5 Å². The van der Waals surface area contributed by atoms with Gasteiger partial charge in [-0.25, -0.2) is 4.31 Å². The molecule has 0 N–H and O–H groups in total. The number of alkyl halides is 3. The summed E-state index contributed by atoms with van der Waals surface area (Å²) in [6.07, 6.45) is 0.808. The van der Waals surface area contributed by atoms with E-state index in [1.165, 1.54) is 16.7 Å². The van der Waals surface area contributed by atoms with E-state index in [1.807, 2.05) is 54.8 Å². The lowest BCUT2D eigenvalue weighted by molar-refractivity contribution is -0.137. The first kappa shape index (κ1) is 27.4. The Morgan fingerprint density at radius 3 is 2.35 bits per heavy atom. The SMILES string of the molecule is CSN1CCN(c2ccc(-n3c(=O)ccc4cnc5ccc(-c6cnc7ccccc7c6)cc5c43)cc2C(F)(F)F)CC1. The molecule has 0 aliphatic carbocycles. The van der Waals surface area contributed by atoms with Crippen molar-refractivity contribution in [3.8, 4) is 16.8 Å². The van der Waals surface area contributed by atoms with Crippen LogP contribution < -0.4 is 10.5 Å². The van der Waals surface area contributed by atoms with Crippen molar-refractivity contribution in [1.29, 1.82) is 0 Å². The zero-order valence-corrected chi connectivity index (χ0v) is 24.0. The van der Waals surface area contributed by atoms with Gasteiger partial charge in [0, 0.05) is 72.0 Å². The molecule has 1 aliphatic heterocycles. The van der Waals surface area contributed by atoms with Crippen molar-refractivity contribution in [2.45, 2.75) is 6.18 Å². The van der Waals surface area contributed by atoms with E-state index in [0.717, 1.165) is 28.1 Å². The number of piperazine rings is 1. The van der Waals surface area contributed by atoms with Crippen LogP contribution in [0.4, 0.5) is 18.9 Å². The van der Waals surface area contributed by atoms with Gasteiger partial charge in [-0.1, -0.05) is 36.2 Å². The van der Waals surface area contributed by atoms with Crippen LogP contribution in [0, 0.1) is 0 Å². The third kappa shape index (κ3) is 5.00. The molecule has 1 saturated heterocycles. The van der Waals surface area contributed by atoms with Gasteiger partial charge >= 0.3 is 6.18 Å². The van der Waals surface area contributed by atoms with Crippen molar-refractivity contribution in [3.63, 3.8) is 0 Å². The van der Waals surface area contributed by atoms with Crippen LogP contribution in [0.15, 0.2) is 96.1 Å². The highest BCUT2D eigenvalue weighted by molar-refractivity contribution is 7.96. The van der Waals surface area contributed by atoms with Gasteiger partial charge < -0.3 is 4.90 Å². The van der Waals surface area contributed by atoms with E-state index >= 15 is 0 Å². The van der Waals surface area contributed by atoms with Crippen LogP contribution >= 0.6 is 11.9 Å². The predicted octanol–water partition coefficient (Wildman–Crippen LogP) is 7.17. The van der Waals surface area contributed by atoms with Gasteiger partial charge in [0.05, 0.1) is 27.8 Å². The maximum absolute atomic E-state index is 14.5. The molecule has 10 heteroatoms. The van der Waals surface area contributed by atoms with E-state index in [0.29, 0.717) is 48.0 Å². The Bertz CT molecular complexity index is 2070. The number of benzene rings is 3. The molecule has 6 aromatic rings. The van der Waals surface area contributed by atoms with Gasteiger partial charge in [-0.05, 0) is 60.4 Å². The molecular weight excluding hydrogens is 571 g/mol. The number of fused-ring (bicyclic) bond motifs is 4. The molecule has 216 valence electrons. The number of halogens is 3. The summed E-state index contributed by atoms with van der Waals surface area (Å²) in [4.78, 5) is 24.4. The van der Waals surface area contributed by atoms with Gasteiger partial charge in [-0.15, -0.1) is 0 Å². The molecule has 1 fully saturated rings. The number of para-hydroxylation sites is 1. The molecule has 43 heavy (non-hydrogen) atoms. The minimum atomic E-state index is -4.60. The molecule has 0 unspecified atom stereocenters. The smallest absolute Gasteiger partial charge is 0.368 e. The van der Waals surface area contributed by atoms with Gasteiger partial charge in [0.1, 0.15) is 0 Å². The number of nitrogens with zero attached hydrogens (tertiary/aromatic N) is 5. The molecule has 0 saturated carbocycles. The summed E-state index contributed by atoms with van der Waals surface area (Å²) >= 11 is 1.59. The lowest BCUT2D eigenvalue weighted by Crippen LogP contribution is -2.44. The first-order chi connectivity index (χ1) is 20.8. The number of aromatic nitrogens is 3. The zero-order valence-electron chi connectivity index (χ0n) is 23.2. The Morgan fingerprint density at radius 1 is 0.767 bits per heavy atom. The number of anilines is 1. The highest BCUT2D eigenvalue weighted by atomic mass is 32.2. The zero-order chi connectivity index (χ0) is 29.7. The highest BCUT2D eigenvalue weighted by Crippen LogP contribution is 2.39. The minimum Gasteiger partial charge on any atom is -0.368 e. The lowest BCUT2D eigenvalue weighted by atomic mass is 10.0. The number of hydrogen-bond acceptors (Lipinski definition) is 6. The fourth-order valence-corrected chi connectivity index (χ4v) is 6.38. The summed E-state index contributed by atoms with van der Waals surface area (Å²) in [5.74, 6) is 0. The van der Waals surface area contributed by atoms with Crippen molar-refractivity contribution in [3.05, 3.63) is 107 Å². The van der Waals surface area contributed by atoms with Gasteiger partial charge in [0.15, 0.2) is 0 Å². The predicted molar refractivity (Wildman–Crippen MR) is 168 cm³/mol. The third-order valence-electron chi connectivity index (χ3n) is 8.02. The molecule has 0 amide bonds. The van der Waals surface area contributed by atoms with E-state index in [9.17, 15) is 18.0 Å². The van der Waals surface area contributed by atoms with Crippen molar-refractivity contribution in [1.82, 2.24) is 18.8 Å². The average Bonchev–Trinajstić information content (AvgIpc) is 3.03. The fourth-order valence-electron chi connectivity index (χ4n) is 5.85. The largest absolute Gasteiger partial charge is 0.418 e. The van der Waals surface area contributed by atoms with E-state index in [4.69, 9.17) is 0 Å². The van der Waals surface area contributed by atoms with Gasteiger partial charge in [-0.2, -0.15) is 13.2 Å². The van der Waals surface area contributed by atoms with Crippen molar-refractivity contribution < 1.29 is 13.2 Å². The second kappa shape index (κ2) is 10.7. The molecule has 6 nitrogen and oxygen atoms in total. The molecule has 4 heterocycles. The maximum Gasteiger partial charge on any atom is 0.418 e. The Hall–Kier alpha value is -4.41. The topological polar surface area (TPSA) is 54.3 Å². The molecule has 3 aromatic heterocycles. The minimum absolute atomic E-state index is 0.128. The van der Waals surface area contributed by atoms with E-state index < -0.39 is 17.3 Å². The quantitative estimate of drug-likeness (QED) is 0.159. The van der Waals surface area contributed by atoms with Crippen molar-refractivity contribution >= 4 is 50.3 Å². The summed E-state index contributed by atoms with van der Waals surface area (Å²) < 4.78 is 47.1. The van der Waals surface area contributed by atoms with Crippen molar-refractivity contribution in [2.24, 2.45) is 0 Å². The van der Waals surface area contributed by atoms with E-state index in [1.54, 1.807) is 41.4 Å². The second-order valence-electron chi connectivity index (χ2n) is 10.5. The molecule has 0 spiro atoms. The Kier molecular flexibility index (Phi) is 6.82. The van der Waals surface area contributed by atoms with Crippen molar-refractivity contribution in [2.75, 3.05) is 37.3 Å². The van der Waals surface area contributed by atoms with Crippen LogP contribution in [0.1, 0.15) is 5.56 Å². The molecule has 0 atom stereocenters. The fraction of sp³-hybridized carbons (Fsp3) is 0.182. The van der Waals surface area contributed by atoms with Gasteiger partial charge in [-0.3, -0.25) is 19.3 Å². The number of hydrogen-bond donors (Lipinski definition) is 0. The maximum atomic E-state index is 14.5. The first-order valence-electron chi connectivity index (χ1n) is 13.9. The number of rotatable bonds is 4. The molecule has 1 aliphatic rings. The van der Waals surface area contributed by atoms with Crippen LogP contribution in [0.2, 0.25) is 0 Å². The molecule has 0 bridgehead atoms. The summed E-state index contributed by atoms with van der Waals surface area (Å²) in [5, 5.41) is 2.29. The van der Waals surface area contributed by atoms with Crippen LogP contribution in [-0.2, 0) is 6.18 Å². The lowest BCUT2D eigenvalue weighted by Gasteiger charge is -2.36. The van der Waals surface area contributed by atoms with Crippen LogP contribution in [0.3, 0.4) is 0 Å². The standard InChI is InChI=1S/C33H26F3N5OS/c1-43-40-14-12-39(13-15-40)30-10-8-25(18-27(30)33(34,35)36)41-31(42)11-7-23-19-38-29-9-6-21(17-26(29)32(23)41)24-16-22-4-2-3-5-28(22)37-20-24/h2-11,16-20H,12-15H2,1H3. The second-order valence-corrected chi connectivity index (χ2v) is 11.4. The number of pyridine rings is 3. The van der Waals surface area contributed by atoms with Gasteiger partial charge in [0.25, 0.3) is 5.56 Å². The Balaban J connectivity index is 1.41. The summed E-state index contributed by atoms with van der Waals surface area (Å²) in [5.41, 5.74) is 2.85. The summed E-state index contributed by atoms with van der Waals surface area (Å²) in [7, 11) is 0. The van der Waals surface area contributed by atoms with E-state index in [-0.39, 0.29) is 11.4 Å². The monoisotopic (exact) mass is 597 g/mol. The van der Waals surface area contributed by atoms with Crippen LogP contribution in [0.5, 0.6) is 0 Å².